The van der Waals surface area contributed by atoms with Crippen LogP contribution in [0.25, 0.3) is 0 Å². The Hall–Kier alpha value is -1.95. The number of aromatic nitrogens is 3. The zero-order valence-corrected chi connectivity index (χ0v) is 17.4. The van der Waals surface area contributed by atoms with E-state index in [1.807, 2.05) is 26.0 Å². The van der Waals surface area contributed by atoms with Crippen molar-refractivity contribution in [3.8, 4) is 0 Å². The van der Waals surface area contributed by atoms with Crippen LogP contribution in [0.2, 0.25) is 0 Å². The van der Waals surface area contributed by atoms with Gasteiger partial charge in [-0.15, -0.1) is 5.10 Å². The third kappa shape index (κ3) is 2.94. The smallest absolute Gasteiger partial charge is 0.234 e. The van der Waals surface area contributed by atoms with Crippen molar-refractivity contribution in [3.63, 3.8) is 0 Å². The van der Waals surface area contributed by atoms with Gasteiger partial charge in [-0.25, -0.2) is 4.98 Å². The Labute approximate surface area is 164 Å². The van der Waals surface area contributed by atoms with Crippen LogP contribution < -0.4 is 5.32 Å². The van der Waals surface area contributed by atoms with E-state index in [9.17, 15) is 4.79 Å². The van der Waals surface area contributed by atoms with E-state index in [0.717, 1.165) is 41.0 Å². The highest BCUT2D eigenvalue weighted by atomic mass is 32.2. The van der Waals surface area contributed by atoms with Crippen molar-refractivity contribution in [2.45, 2.75) is 63.9 Å². The van der Waals surface area contributed by atoms with Crippen LogP contribution in [0, 0.1) is 19.3 Å². The van der Waals surface area contributed by atoms with Gasteiger partial charge in [-0.05, 0) is 55.4 Å². The molecule has 142 valence electrons. The van der Waals surface area contributed by atoms with Crippen LogP contribution in [-0.2, 0) is 10.2 Å². The molecule has 6 heteroatoms. The summed E-state index contributed by atoms with van der Waals surface area (Å²) >= 11 is 1.35. The van der Waals surface area contributed by atoms with Gasteiger partial charge in [-0.1, -0.05) is 38.6 Å². The Balaban J connectivity index is 1.45. The van der Waals surface area contributed by atoms with Gasteiger partial charge in [-0.2, -0.15) is 5.10 Å². The number of benzene rings is 1. The SMILES string of the molecule is Cc1cc(C)cc(NC(=O)CSc2nnc3c(n2)C2(C)CCC3C2(C)C)c1. The lowest BCUT2D eigenvalue weighted by Gasteiger charge is -2.33. The van der Waals surface area contributed by atoms with E-state index in [2.05, 4.69) is 42.4 Å². The number of fused-ring (bicyclic) bond motifs is 5. The Kier molecular flexibility index (Phi) is 4.29. The fourth-order valence-corrected chi connectivity index (χ4v) is 5.38. The monoisotopic (exact) mass is 382 g/mol. The number of amides is 1. The molecule has 1 saturated carbocycles. The number of carbonyl (C=O) groups is 1. The van der Waals surface area contributed by atoms with Crippen LogP contribution in [-0.4, -0.2) is 26.8 Å². The van der Waals surface area contributed by atoms with Crippen LogP contribution >= 0.6 is 11.8 Å². The van der Waals surface area contributed by atoms with Gasteiger partial charge in [-0.3, -0.25) is 4.79 Å². The summed E-state index contributed by atoms with van der Waals surface area (Å²) in [7, 11) is 0. The molecule has 0 radical (unpaired) electrons. The van der Waals surface area contributed by atoms with Gasteiger partial charge in [0.1, 0.15) is 0 Å². The van der Waals surface area contributed by atoms with Crippen molar-refractivity contribution < 1.29 is 4.79 Å². The number of hydrogen-bond acceptors (Lipinski definition) is 5. The molecule has 1 heterocycles. The maximum atomic E-state index is 12.3. The molecular formula is C21H26N4OS. The van der Waals surface area contributed by atoms with Crippen molar-refractivity contribution in [1.82, 2.24) is 15.2 Å². The van der Waals surface area contributed by atoms with Gasteiger partial charge in [0.25, 0.3) is 0 Å². The lowest BCUT2D eigenvalue weighted by molar-refractivity contribution is -0.113. The lowest BCUT2D eigenvalue weighted by atomic mass is 9.70. The Bertz CT molecular complexity index is 906. The average molecular weight is 383 g/mol. The maximum Gasteiger partial charge on any atom is 0.234 e. The number of carbonyl (C=O) groups excluding carboxylic acids is 1. The maximum absolute atomic E-state index is 12.3. The summed E-state index contributed by atoms with van der Waals surface area (Å²) in [6, 6.07) is 6.04. The van der Waals surface area contributed by atoms with Crippen LogP contribution in [0.5, 0.6) is 0 Å². The van der Waals surface area contributed by atoms with Crippen molar-refractivity contribution in [1.29, 1.82) is 0 Å². The van der Waals surface area contributed by atoms with E-state index in [-0.39, 0.29) is 22.5 Å². The first-order chi connectivity index (χ1) is 12.7. The molecule has 1 fully saturated rings. The van der Waals surface area contributed by atoms with Crippen LogP contribution in [0.3, 0.4) is 0 Å². The Morgan fingerprint density at radius 2 is 1.89 bits per heavy atom. The van der Waals surface area contributed by atoms with Crippen LogP contribution in [0.15, 0.2) is 23.4 Å². The largest absolute Gasteiger partial charge is 0.325 e. The summed E-state index contributed by atoms with van der Waals surface area (Å²) in [6.45, 7) is 11.0. The molecule has 2 atom stereocenters. The first-order valence-corrected chi connectivity index (χ1v) is 10.5. The van der Waals surface area contributed by atoms with E-state index in [1.165, 1.54) is 11.8 Å². The van der Waals surface area contributed by atoms with E-state index in [1.54, 1.807) is 0 Å². The second-order valence-corrected chi connectivity index (χ2v) is 9.63. The zero-order valence-electron chi connectivity index (χ0n) is 16.6. The summed E-state index contributed by atoms with van der Waals surface area (Å²) in [5.41, 5.74) is 5.48. The number of thioether (sulfide) groups is 1. The highest BCUT2D eigenvalue weighted by molar-refractivity contribution is 7.99. The number of anilines is 1. The molecule has 2 aliphatic rings. The van der Waals surface area contributed by atoms with Crippen molar-refractivity contribution in [2.75, 3.05) is 11.1 Å². The molecule has 1 amide bonds. The van der Waals surface area contributed by atoms with E-state index >= 15 is 0 Å². The Morgan fingerprint density at radius 1 is 1.19 bits per heavy atom. The predicted octanol–water partition coefficient (Wildman–Crippen LogP) is 4.39. The van der Waals surface area contributed by atoms with Crippen molar-refractivity contribution >= 4 is 23.4 Å². The fraction of sp³-hybridized carbons (Fsp3) is 0.524. The molecule has 5 nitrogen and oxygen atoms in total. The first kappa shape index (κ1) is 18.4. The van der Waals surface area contributed by atoms with Gasteiger partial charge >= 0.3 is 0 Å². The molecule has 2 aromatic rings. The fourth-order valence-electron chi connectivity index (χ4n) is 4.80. The van der Waals surface area contributed by atoms with Gasteiger partial charge in [0.15, 0.2) is 0 Å². The minimum absolute atomic E-state index is 0.0536. The summed E-state index contributed by atoms with van der Waals surface area (Å²) in [5.74, 6) is 0.670. The van der Waals surface area contributed by atoms with Gasteiger partial charge in [0.2, 0.25) is 11.1 Å². The quantitative estimate of drug-likeness (QED) is 0.794. The second-order valence-electron chi connectivity index (χ2n) is 8.69. The van der Waals surface area contributed by atoms with Crippen LogP contribution in [0.4, 0.5) is 5.69 Å². The molecule has 1 aromatic carbocycles. The minimum atomic E-state index is -0.0536. The van der Waals surface area contributed by atoms with E-state index < -0.39 is 0 Å². The molecule has 4 rings (SSSR count). The lowest BCUT2D eigenvalue weighted by Crippen LogP contribution is -2.32. The molecule has 1 N–H and O–H groups in total. The number of aryl methyl sites for hydroxylation is 2. The highest BCUT2D eigenvalue weighted by Crippen LogP contribution is 2.66. The normalized spacial score (nSPS) is 24.7. The zero-order chi connectivity index (χ0) is 19.4. The third-order valence-corrected chi connectivity index (χ3v) is 7.45. The molecular weight excluding hydrogens is 356 g/mol. The van der Waals surface area contributed by atoms with Gasteiger partial charge < -0.3 is 5.32 Å². The van der Waals surface area contributed by atoms with E-state index in [4.69, 9.17) is 4.98 Å². The van der Waals surface area contributed by atoms with E-state index in [0.29, 0.717) is 11.1 Å². The van der Waals surface area contributed by atoms with Crippen molar-refractivity contribution in [2.24, 2.45) is 5.41 Å². The molecule has 2 aliphatic carbocycles. The number of rotatable bonds is 4. The molecule has 0 aliphatic heterocycles. The predicted molar refractivity (Wildman–Crippen MR) is 108 cm³/mol. The van der Waals surface area contributed by atoms with Gasteiger partial charge in [0.05, 0.1) is 17.1 Å². The summed E-state index contributed by atoms with van der Waals surface area (Å²) in [5, 5.41) is 12.3. The molecule has 1 aromatic heterocycles. The summed E-state index contributed by atoms with van der Waals surface area (Å²) in [6.07, 6.45) is 2.31. The molecule has 2 bridgehead atoms. The third-order valence-electron chi connectivity index (χ3n) is 6.61. The molecule has 2 unspecified atom stereocenters. The van der Waals surface area contributed by atoms with Gasteiger partial charge in [0, 0.05) is 17.0 Å². The number of hydrogen-bond donors (Lipinski definition) is 1. The number of nitrogens with one attached hydrogen (secondary N) is 1. The minimum Gasteiger partial charge on any atom is -0.325 e. The molecule has 0 saturated heterocycles. The number of nitrogens with zero attached hydrogens (tertiary/aromatic N) is 3. The average Bonchev–Trinajstić information content (AvgIpc) is 2.91. The standard InChI is InChI=1S/C21H26N4OS/c1-12-8-13(2)10-14(9-12)22-16(26)11-27-19-23-18-17(24-25-19)15-6-7-21(18,5)20(15,3)4/h8-10,15H,6-7,11H2,1-5H3,(H,22,26). The Morgan fingerprint density at radius 3 is 2.59 bits per heavy atom. The summed E-state index contributed by atoms with van der Waals surface area (Å²) in [4.78, 5) is 17.1. The topological polar surface area (TPSA) is 67.8 Å². The summed E-state index contributed by atoms with van der Waals surface area (Å²) < 4.78 is 0. The molecule has 0 spiro atoms. The molecule has 27 heavy (non-hydrogen) atoms. The van der Waals surface area contributed by atoms with Crippen molar-refractivity contribution in [3.05, 3.63) is 40.7 Å². The van der Waals surface area contributed by atoms with Crippen LogP contribution in [0.1, 0.15) is 62.0 Å². The highest BCUT2D eigenvalue weighted by Gasteiger charge is 2.61. The first-order valence-electron chi connectivity index (χ1n) is 9.47. The second kappa shape index (κ2) is 6.30.